The number of aromatic nitrogens is 2. The molecule has 0 aliphatic heterocycles. The number of hydrogen-bond acceptors (Lipinski definition) is 2. The van der Waals surface area contributed by atoms with Crippen molar-refractivity contribution < 1.29 is 9.90 Å². The van der Waals surface area contributed by atoms with Gasteiger partial charge in [-0.2, -0.15) is 0 Å². The van der Waals surface area contributed by atoms with Crippen LogP contribution in [-0.4, -0.2) is 20.2 Å². The number of carbonyl (C=O) groups is 1. The highest BCUT2D eigenvalue weighted by Crippen LogP contribution is 2.15. The minimum Gasteiger partial charge on any atom is -0.478 e. The average molecular weight is 311 g/mol. The molecule has 2 aromatic heterocycles. The Hall–Kier alpha value is -1.82. The van der Waals surface area contributed by atoms with Gasteiger partial charge >= 0.3 is 5.97 Å². The minimum atomic E-state index is -0.966. The molecule has 0 radical (unpaired) electrons. The third kappa shape index (κ3) is 2.70. The van der Waals surface area contributed by atoms with Crippen LogP contribution in [0.15, 0.2) is 46.1 Å². The predicted octanol–water partition coefficient (Wildman–Crippen LogP) is 1.81. The fraction of sp³-hybridized carbons (Fsp3) is 0.167. The molecule has 0 aromatic carbocycles. The van der Waals surface area contributed by atoms with E-state index in [1.165, 1.54) is 12.1 Å². The van der Waals surface area contributed by atoms with E-state index in [9.17, 15) is 9.59 Å². The van der Waals surface area contributed by atoms with Gasteiger partial charge in [0.2, 0.25) is 0 Å². The third-order valence-electron chi connectivity index (χ3n) is 2.57. The molecule has 0 unspecified atom stereocenters. The van der Waals surface area contributed by atoms with Gasteiger partial charge in [0.15, 0.2) is 0 Å². The van der Waals surface area contributed by atoms with Gasteiger partial charge in [0.05, 0.1) is 10.2 Å². The number of aryl methyl sites for hydroxylation is 2. The normalized spacial score (nSPS) is 10.5. The summed E-state index contributed by atoms with van der Waals surface area (Å²) in [6, 6.07) is 6.51. The number of nitrogens with zero attached hydrogens (tertiary/aromatic N) is 2. The summed E-state index contributed by atoms with van der Waals surface area (Å²) in [5.41, 5.74) is 0.154. The molecule has 0 saturated carbocycles. The molecular weight excluding hydrogens is 300 g/mol. The highest BCUT2D eigenvalue weighted by atomic mass is 79.9. The maximum Gasteiger partial charge on any atom is 0.337 e. The standard InChI is InChI=1S/C12H11BrN2O3/c13-10-7-9(12(17)18)8-15(10)6-5-14-4-2-1-3-11(14)16/h1-4,7-8H,5-6H2,(H,17,18). The molecule has 0 aliphatic carbocycles. The molecule has 2 rings (SSSR count). The van der Waals surface area contributed by atoms with Crippen molar-refractivity contribution in [2.45, 2.75) is 13.1 Å². The zero-order valence-electron chi connectivity index (χ0n) is 9.41. The van der Waals surface area contributed by atoms with E-state index >= 15 is 0 Å². The summed E-state index contributed by atoms with van der Waals surface area (Å²) >= 11 is 3.29. The maximum atomic E-state index is 11.5. The van der Waals surface area contributed by atoms with Crippen molar-refractivity contribution in [3.8, 4) is 0 Å². The molecule has 0 aliphatic rings. The van der Waals surface area contributed by atoms with E-state index < -0.39 is 5.97 Å². The molecule has 1 N–H and O–H groups in total. The Morgan fingerprint density at radius 2 is 2.00 bits per heavy atom. The summed E-state index contributed by atoms with van der Waals surface area (Å²) in [5, 5.41) is 8.86. The van der Waals surface area contributed by atoms with Crippen molar-refractivity contribution in [2.75, 3.05) is 0 Å². The SMILES string of the molecule is O=C(O)c1cc(Br)n(CCn2ccccc2=O)c1. The summed E-state index contributed by atoms with van der Waals surface area (Å²) in [4.78, 5) is 22.3. The van der Waals surface area contributed by atoms with Crippen LogP contribution in [0, 0.1) is 0 Å². The lowest BCUT2D eigenvalue weighted by Gasteiger charge is -2.07. The van der Waals surface area contributed by atoms with Crippen LogP contribution in [0.3, 0.4) is 0 Å². The number of carboxylic acids is 1. The topological polar surface area (TPSA) is 64.2 Å². The maximum absolute atomic E-state index is 11.5. The van der Waals surface area contributed by atoms with Crippen LogP contribution in [0.5, 0.6) is 0 Å². The van der Waals surface area contributed by atoms with Gasteiger partial charge in [-0.1, -0.05) is 6.07 Å². The van der Waals surface area contributed by atoms with Gasteiger partial charge in [-0.05, 0) is 28.1 Å². The van der Waals surface area contributed by atoms with E-state index in [1.54, 1.807) is 33.7 Å². The fourth-order valence-corrected chi connectivity index (χ4v) is 2.15. The number of pyridine rings is 1. The van der Waals surface area contributed by atoms with E-state index in [4.69, 9.17) is 5.11 Å². The zero-order chi connectivity index (χ0) is 13.1. The molecule has 2 heterocycles. The summed E-state index contributed by atoms with van der Waals surface area (Å²) in [7, 11) is 0. The second-order valence-electron chi connectivity index (χ2n) is 3.78. The number of rotatable bonds is 4. The Balaban J connectivity index is 2.14. The average Bonchev–Trinajstić information content (AvgIpc) is 2.70. The quantitative estimate of drug-likeness (QED) is 0.936. The second-order valence-corrected chi connectivity index (χ2v) is 4.59. The van der Waals surface area contributed by atoms with Gasteiger partial charge in [0.1, 0.15) is 0 Å². The van der Waals surface area contributed by atoms with Crippen LogP contribution < -0.4 is 5.56 Å². The highest BCUT2D eigenvalue weighted by molar-refractivity contribution is 9.10. The largest absolute Gasteiger partial charge is 0.478 e. The molecule has 18 heavy (non-hydrogen) atoms. The van der Waals surface area contributed by atoms with Gasteiger partial charge in [-0.15, -0.1) is 0 Å². The minimum absolute atomic E-state index is 0.0702. The smallest absolute Gasteiger partial charge is 0.337 e. The van der Waals surface area contributed by atoms with Crippen LogP contribution in [0.1, 0.15) is 10.4 Å². The molecule has 2 aromatic rings. The van der Waals surface area contributed by atoms with Crippen molar-refractivity contribution in [2.24, 2.45) is 0 Å². The van der Waals surface area contributed by atoms with Crippen molar-refractivity contribution in [1.29, 1.82) is 0 Å². The fourth-order valence-electron chi connectivity index (χ4n) is 1.63. The van der Waals surface area contributed by atoms with Crippen molar-refractivity contribution in [1.82, 2.24) is 9.13 Å². The first-order chi connectivity index (χ1) is 8.58. The first-order valence-corrected chi connectivity index (χ1v) is 6.11. The summed E-state index contributed by atoms with van der Waals surface area (Å²) in [5.74, 6) is -0.966. The monoisotopic (exact) mass is 310 g/mol. The molecule has 0 saturated heterocycles. The Bertz CT molecular complexity index is 630. The van der Waals surface area contributed by atoms with Crippen LogP contribution in [0.4, 0.5) is 0 Å². The van der Waals surface area contributed by atoms with Gasteiger partial charge in [0, 0.05) is 31.5 Å². The van der Waals surface area contributed by atoms with Gasteiger partial charge < -0.3 is 14.2 Å². The predicted molar refractivity (Wildman–Crippen MR) is 69.8 cm³/mol. The van der Waals surface area contributed by atoms with Gasteiger partial charge in [-0.3, -0.25) is 4.79 Å². The van der Waals surface area contributed by atoms with E-state index in [1.807, 2.05) is 0 Å². The van der Waals surface area contributed by atoms with Gasteiger partial charge in [0.25, 0.3) is 5.56 Å². The molecule has 0 spiro atoms. The number of carboxylic acid groups (broad SMARTS) is 1. The lowest BCUT2D eigenvalue weighted by Crippen LogP contribution is -2.20. The van der Waals surface area contributed by atoms with E-state index in [0.717, 1.165) is 0 Å². The Morgan fingerprint density at radius 3 is 2.61 bits per heavy atom. The first kappa shape index (κ1) is 12.6. The first-order valence-electron chi connectivity index (χ1n) is 5.32. The Labute approximate surface area is 111 Å². The lowest BCUT2D eigenvalue weighted by molar-refractivity contribution is 0.0697. The van der Waals surface area contributed by atoms with Crippen LogP contribution in [0.25, 0.3) is 0 Å². The van der Waals surface area contributed by atoms with Crippen LogP contribution in [-0.2, 0) is 13.1 Å². The Morgan fingerprint density at radius 1 is 1.28 bits per heavy atom. The lowest BCUT2D eigenvalue weighted by atomic mass is 10.4. The second kappa shape index (κ2) is 5.22. The van der Waals surface area contributed by atoms with Crippen molar-refractivity contribution in [3.05, 3.63) is 57.2 Å². The van der Waals surface area contributed by atoms with Crippen LogP contribution in [0.2, 0.25) is 0 Å². The Kier molecular flexibility index (Phi) is 3.66. The van der Waals surface area contributed by atoms with E-state index in [2.05, 4.69) is 15.9 Å². The molecule has 94 valence electrons. The van der Waals surface area contributed by atoms with Gasteiger partial charge in [-0.25, -0.2) is 4.79 Å². The molecule has 6 heteroatoms. The molecular formula is C12H11BrN2O3. The van der Waals surface area contributed by atoms with E-state index in [-0.39, 0.29) is 11.1 Å². The van der Waals surface area contributed by atoms with Crippen LogP contribution >= 0.6 is 15.9 Å². The molecule has 0 fully saturated rings. The number of halogens is 1. The molecule has 0 amide bonds. The third-order valence-corrected chi connectivity index (χ3v) is 3.26. The van der Waals surface area contributed by atoms with E-state index in [0.29, 0.717) is 17.7 Å². The van der Waals surface area contributed by atoms with Crippen molar-refractivity contribution in [3.63, 3.8) is 0 Å². The molecule has 0 atom stereocenters. The zero-order valence-corrected chi connectivity index (χ0v) is 11.0. The number of hydrogen-bond donors (Lipinski definition) is 1. The number of aromatic carboxylic acids is 1. The summed E-state index contributed by atoms with van der Waals surface area (Å²) < 4.78 is 4.01. The summed E-state index contributed by atoms with van der Waals surface area (Å²) in [6.07, 6.45) is 3.25. The molecule has 5 nitrogen and oxygen atoms in total. The van der Waals surface area contributed by atoms with Crippen molar-refractivity contribution >= 4 is 21.9 Å². The molecule has 0 bridgehead atoms. The summed E-state index contributed by atoms with van der Waals surface area (Å²) in [6.45, 7) is 1.02. The highest BCUT2D eigenvalue weighted by Gasteiger charge is 2.09.